The fraction of sp³-hybridized carbons (Fsp3) is 0.600. The number of benzene rings is 1. The molecule has 4 nitrogen and oxygen atoms in total. The molecule has 3 N–H and O–H groups in total. The molecule has 5 heteroatoms. The third-order valence-corrected chi connectivity index (χ3v) is 4.47. The number of sulfone groups is 1. The lowest BCUT2D eigenvalue weighted by molar-refractivity contribution is 0.602. The molecule has 0 amide bonds. The molecule has 20 heavy (non-hydrogen) atoms. The molecule has 0 atom stereocenters. The van der Waals surface area contributed by atoms with E-state index in [1.165, 1.54) is 38.4 Å². The van der Waals surface area contributed by atoms with Crippen molar-refractivity contribution in [1.82, 2.24) is 0 Å². The summed E-state index contributed by atoms with van der Waals surface area (Å²) in [4.78, 5) is 0.199. The fourth-order valence-corrected chi connectivity index (χ4v) is 2.99. The van der Waals surface area contributed by atoms with Crippen LogP contribution in [0.3, 0.4) is 0 Å². The topological polar surface area (TPSA) is 72.2 Å². The van der Waals surface area contributed by atoms with Crippen LogP contribution in [0.4, 0.5) is 11.4 Å². The minimum atomic E-state index is -3.27. The number of unbranched alkanes of at least 4 members (excludes halogenated alkanes) is 5. The quantitative estimate of drug-likeness (QED) is 0.541. The highest BCUT2D eigenvalue weighted by molar-refractivity contribution is 7.90. The second kappa shape index (κ2) is 8.15. The SMILES string of the molecule is CCCCCCCCNc1cccc(S(C)(=O)=O)c1N. The summed E-state index contributed by atoms with van der Waals surface area (Å²) >= 11 is 0. The normalized spacial score (nSPS) is 11.5. The van der Waals surface area contributed by atoms with Crippen LogP contribution in [0, 0.1) is 0 Å². The first kappa shape index (κ1) is 16.8. The lowest BCUT2D eigenvalue weighted by atomic mass is 10.1. The molecule has 1 rings (SSSR count). The average molecular weight is 298 g/mol. The van der Waals surface area contributed by atoms with Gasteiger partial charge in [0.2, 0.25) is 0 Å². The molecule has 0 aliphatic carbocycles. The van der Waals surface area contributed by atoms with Crippen LogP contribution in [-0.4, -0.2) is 21.2 Å². The Kier molecular flexibility index (Phi) is 6.85. The molecule has 0 bridgehead atoms. The van der Waals surface area contributed by atoms with Gasteiger partial charge in [-0.15, -0.1) is 0 Å². The fourth-order valence-electron chi connectivity index (χ4n) is 2.15. The lowest BCUT2D eigenvalue weighted by Gasteiger charge is -2.12. The second-order valence-corrected chi connectivity index (χ2v) is 7.17. The van der Waals surface area contributed by atoms with E-state index < -0.39 is 9.84 Å². The number of hydrogen-bond acceptors (Lipinski definition) is 4. The number of para-hydroxylation sites is 1. The van der Waals surface area contributed by atoms with Gasteiger partial charge in [-0.1, -0.05) is 45.1 Å². The molecule has 0 saturated carbocycles. The molecular weight excluding hydrogens is 272 g/mol. The molecule has 1 aromatic carbocycles. The third-order valence-electron chi connectivity index (χ3n) is 3.31. The van der Waals surface area contributed by atoms with E-state index in [4.69, 9.17) is 5.73 Å². The van der Waals surface area contributed by atoms with Crippen molar-refractivity contribution < 1.29 is 8.42 Å². The maximum absolute atomic E-state index is 11.6. The monoisotopic (exact) mass is 298 g/mol. The number of nitrogens with one attached hydrogen (secondary N) is 1. The Morgan fingerprint density at radius 1 is 1.10 bits per heavy atom. The first-order chi connectivity index (χ1) is 9.46. The third kappa shape index (κ3) is 5.41. The summed E-state index contributed by atoms with van der Waals surface area (Å²) in [5.74, 6) is 0. The Morgan fingerprint density at radius 3 is 2.40 bits per heavy atom. The second-order valence-electron chi connectivity index (χ2n) is 5.18. The van der Waals surface area contributed by atoms with Gasteiger partial charge in [-0.25, -0.2) is 8.42 Å². The van der Waals surface area contributed by atoms with Gasteiger partial charge in [0.1, 0.15) is 0 Å². The maximum Gasteiger partial charge on any atom is 0.177 e. The summed E-state index contributed by atoms with van der Waals surface area (Å²) < 4.78 is 23.1. The van der Waals surface area contributed by atoms with E-state index >= 15 is 0 Å². The minimum absolute atomic E-state index is 0.199. The first-order valence-electron chi connectivity index (χ1n) is 7.29. The van der Waals surface area contributed by atoms with Crippen LogP contribution in [0.25, 0.3) is 0 Å². The van der Waals surface area contributed by atoms with Gasteiger partial charge in [0, 0.05) is 12.8 Å². The smallest absolute Gasteiger partial charge is 0.177 e. The number of nitrogens with two attached hydrogens (primary N) is 1. The summed E-state index contributed by atoms with van der Waals surface area (Å²) in [6, 6.07) is 5.08. The number of rotatable bonds is 9. The van der Waals surface area contributed by atoms with Crippen molar-refractivity contribution in [2.75, 3.05) is 23.9 Å². The summed E-state index contributed by atoms with van der Waals surface area (Å²) in [5, 5.41) is 3.23. The average Bonchev–Trinajstić information content (AvgIpc) is 2.38. The summed E-state index contributed by atoms with van der Waals surface area (Å²) in [5.41, 5.74) is 6.94. The van der Waals surface area contributed by atoms with Crippen LogP contribution < -0.4 is 11.1 Å². The van der Waals surface area contributed by atoms with Crippen molar-refractivity contribution in [1.29, 1.82) is 0 Å². The van der Waals surface area contributed by atoms with Crippen molar-refractivity contribution in [2.45, 2.75) is 50.3 Å². The molecule has 0 spiro atoms. The van der Waals surface area contributed by atoms with E-state index in [9.17, 15) is 8.42 Å². The van der Waals surface area contributed by atoms with Gasteiger partial charge in [0.15, 0.2) is 9.84 Å². The zero-order chi connectivity index (χ0) is 15.0. The largest absolute Gasteiger partial charge is 0.396 e. The van der Waals surface area contributed by atoms with Crippen LogP contribution in [0.15, 0.2) is 23.1 Å². The zero-order valence-corrected chi connectivity index (χ0v) is 13.3. The number of anilines is 2. The Bertz CT molecular complexity index is 513. The van der Waals surface area contributed by atoms with Crippen molar-refractivity contribution in [3.8, 4) is 0 Å². The Morgan fingerprint density at radius 2 is 1.75 bits per heavy atom. The van der Waals surface area contributed by atoms with E-state index in [1.54, 1.807) is 12.1 Å². The Labute approximate surface area is 122 Å². The van der Waals surface area contributed by atoms with E-state index in [1.807, 2.05) is 6.07 Å². The van der Waals surface area contributed by atoms with E-state index in [-0.39, 0.29) is 4.90 Å². The predicted octanol–water partition coefficient (Wildman–Crippen LogP) is 3.44. The molecular formula is C15H26N2O2S. The van der Waals surface area contributed by atoms with Gasteiger partial charge in [0.05, 0.1) is 16.3 Å². The van der Waals surface area contributed by atoms with E-state index in [0.717, 1.165) is 13.0 Å². The maximum atomic E-state index is 11.6. The number of hydrogen-bond donors (Lipinski definition) is 2. The summed E-state index contributed by atoms with van der Waals surface area (Å²) in [7, 11) is -3.27. The zero-order valence-electron chi connectivity index (χ0n) is 12.5. The van der Waals surface area contributed by atoms with Crippen molar-refractivity contribution in [3.63, 3.8) is 0 Å². The van der Waals surface area contributed by atoms with Crippen LogP contribution in [0.2, 0.25) is 0 Å². The molecule has 0 aliphatic heterocycles. The molecule has 0 saturated heterocycles. The van der Waals surface area contributed by atoms with Crippen LogP contribution in [0.5, 0.6) is 0 Å². The van der Waals surface area contributed by atoms with Crippen LogP contribution in [-0.2, 0) is 9.84 Å². The molecule has 0 aromatic heterocycles. The van der Waals surface area contributed by atoms with Gasteiger partial charge in [-0.3, -0.25) is 0 Å². The van der Waals surface area contributed by atoms with Gasteiger partial charge in [-0.05, 0) is 18.6 Å². The molecule has 0 heterocycles. The van der Waals surface area contributed by atoms with Crippen LogP contribution >= 0.6 is 0 Å². The molecule has 0 aliphatic rings. The highest BCUT2D eigenvalue weighted by atomic mass is 32.2. The molecule has 0 fully saturated rings. The summed E-state index contributed by atoms with van der Waals surface area (Å²) in [6.45, 7) is 3.03. The minimum Gasteiger partial charge on any atom is -0.396 e. The molecule has 0 radical (unpaired) electrons. The molecule has 114 valence electrons. The van der Waals surface area contributed by atoms with Gasteiger partial charge in [-0.2, -0.15) is 0 Å². The number of nitrogen functional groups attached to an aromatic ring is 1. The van der Waals surface area contributed by atoms with Crippen molar-refractivity contribution in [3.05, 3.63) is 18.2 Å². The van der Waals surface area contributed by atoms with Crippen molar-refractivity contribution in [2.24, 2.45) is 0 Å². The highest BCUT2D eigenvalue weighted by Gasteiger charge is 2.13. The van der Waals surface area contributed by atoms with Gasteiger partial charge >= 0.3 is 0 Å². The van der Waals surface area contributed by atoms with Gasteiger partial charge < -0.3 is 11.1 Å². The van der Waals surface area contributed by atoms with Crippen molar-refractivity contribution >= 4 is 21.2 Å². The Hall–Kier alpha value is -1.23. The van der Waals surface area contributed by atoms with Crippen LogP contribution in [0.1, 0.15) is 45.4 Å². The Balaban J connectivity index is 2.45. The van der Waals surface area contributed by atoms with E-state index in [2.05, 4.69) is 12.2 Å². The summed E-state index contributed by atoms with van der Waals surface area (Å²) in [6.07, 6.45) is 8.56. The van der Waals surface area contributed by atoms with Gasteiger partial charge in [0.25, 0.3) is 0 Å². The van der Waals surface area contributed by atoms with E-state index in [0.29, 0.717) is 11.4 Å². The molecule has 1 aromatic rings. The lowest BCUT2D eigenvalue weighted by Crippen LogP contribution is -2.08. The standard InChI is InChI=1S/C15H26N2O2S/c1-3-4-5-6-7-8-12-17-13-10-9-11-14(15(13)16)20(2,18)19/h9-11,17H,3-8,12,16H2,1-2H3. The highest BCUT2D eigenvalue weighted by Crippen LogP contribution is 2.26. The molecule has 0 unspecified atom stereocenters. The predicted molar refractivity (Wildman–Crippen MR) is 85.8 cm³/mol. The first-order valence-corrected chi connectivity index (χ1v) is 9.18.